The molecule has 3 nitrogen and oxygen atoms in total. The van der Waals surface area contributed by atoms with Gasteiger partial charge in [-0.15, -0.1) is 0 Å². The van der Waals surface area contributed by atoms with Crippen molar-refractivity contribution in [3.05, 3.63) is 29.6 Å². The van der Waals surface area contributed by atoms with Crippen molar-refractivity contribution in [1.82, 2.24) is 4.98 Å². The van der Waals surface area contributed by atoms with Gasteiger partial charge in [0.1, 0.15) is 0 Å². The molecule has 0 aliphatic carbocycles. The van der Waals surface area contributed by atoms with Gasteiger partial charge < -0.3 is 10.8 Å². The van der Waals surface area contributed by atoms with Crippen molar-refractivity contribution in [1.29, 1.82) is 0 Å². The predicted molar refractivity (Wildman–Crippen MR) is 47.9 cm³/mol. The van der Waals surface area contributed by atoms with Gasteiger partial charge in [0.05, 0.1) is 17.4 Å². The quantitative estimate of drug-likeness (QED) is 0.811. The van der Waals surface area contributed by atoms with Crippen LogP contribution in [0.5, 0.6) is 0 Å². The van der Waals surface area contributed by atoms with Crippen LogP contribution in [0.25, 0.3) is 0 Å². The van der Waals surface area contributed by atoms with E-state index in [0.717, 1.165) is 6.07 Å². The van der Waals surface area contributed by atoms with Gasteiger partial charge in [0.25, 0.3) is 0 Å². The fourth-order valence-corrected chi connectivity index (χ4v) is 1.22. The lowest BCUT2D eigenvalue weighted by Gasteiger charge is -2.15. The number of alkyl halides is 3. The minimum absolute atomic E-state index is 0.0556. The Morgan fingerprint density at radius 3 is 2.67 bits per heavy atom. The smallest absolute Gasteiger partial charge is 0.387 e. The number of halogens is 3. The molecule has 1 aromatic heterocycles. The summed E-state index contributed by atoms with van der Waals surface area (Å²) in [5.74, 6) is 0. The Morgan fingerprint density at radius 2 is 2.13 bits per heavy atom. The molecule has 0 bridgehead atoms. The number of nitrogens with two attached hydrogens (primary N) is 1. The number of hydrogen-bond donors (Lipinski definition) is 2. The summed E-state index contributed by atoms with van der Waals surface area (Å²) in [6, 6.07) is 2.07. The van der Waals surface area contributed by atoms with E-state index in [4.69, 9.17) is 5.73 Å². The minimum atomic E-state index is -4.50. The monoisotopic (exact) mass is 220 g/mol. The van der Waals surface area contributed by atoms with E-state index in [1.807, 2.05) is 0 Å². The van der Waals surface area contributed by atoms with E-state index < -0.39 is 17.8 Å². The van der Waals surface area contributed by atoms with E-state index in [-0.39, 0.29) is 18.7 Å². The zero-order valence-electron chi connectivity index (χ0n) is 7.83. The summed E-state index contributed by atoms with van der Waals surface area (Å²) < 4.78 is 37.4. The Labute approximate surface area is 84.7 Å². The van der Waals surface area contributed by atoms with E-state index in [1.54, 1.807) is 0 Å². The second-order valence-electron chi connectivity index (χ2n) is 3.03. The van der Waals surface area contributed by atoms with Crippen LogP contribution in [-0.4, -0.2) is 16.6 Å². The van der Waals surface area contributed by atoms with Gasteiger partial charge in [-0.05, 0) is 25.1 Å². The molecule has 0 radical (unpaired) electrons. The van der Waals surface area contributed by atoms with Crippen LogP contribution in [0.15, 0.2) is 18.3 Å². The second-order valence-corrected chi connectivity index (χ2v) is 3.03. The van der Waals surface area contributed by atoms with Crippen LogP contribution in [0.2, 0.25) is 0 Å². The predicted octanol–water partition coefficient (Wildman–Crippen LogP) is 1.48. The highest BCUT2D eigenvalue weighted by Crippen LogP contribution is 2.33. The standard InChI is InChI=1S/C9H11F3N2O/c10-9(11,12)6-2-1-5-14-8(6)7(15)3-4-13/h1-2,5,7,15H,3-4,13H2/t7-/m1/s1. The van der Waals surface area contributed by atoms with Crippen molar-refractivity contribution >= 4 is 0 Å². The summed E-state index contributed by atoms with van der Waals surface area (Å²) in [6.07, 6.45) is -4.50. The van der Waals surface area contributed by atoms with Crippen LogP contribution in [0.4, 0.5) is 13.2 Å². The van der Waals surface area contributed by atoms with Crippen LogP contribution in [-0.2, 0) is 6.18 Å². The van der Waals surface area contributed by atoms with Crippen molar-refractivity contribution in [2.75, 3.05) is 6.54 Å². The van der Waals surface area contributed by atoms with Crippen LogP contribution in [0.1, 0.15) is 23.8 Å². The summed E-state index contributed by atoms with van der Waals surface area (Å²) in [7, 11) is 0. The molecule has 0 aliphatic heterocycles. The Kier molecular flexibility index (Phi) is 3.65. The summed E-state index contributed by atoms with van der Waals surface area (Å²) in [4.78, 5) is 3.54. The van der Waals surface area contributed by atoms with Gasteiger partial charge in [-0.2, -0.15) is 13.2 Å². The molecule has 3 N–H and O–H groups in total. The molecular formula is C9H11F3N2O. The fraction of sp³-hybridized carbons (Fsp3) is 0.444. The summed E-state index contributed by atoms with van der Waals surface area (Å²) in [6.45, 7) is 0.106. The zero-order chi connectivity index (χ0) is 11.5. The van der Waals surface area contributed by atoms with Gasteiger partial charge in [0, 0.05) is 6.20 Å². The number of rotatable bonds is 3. The molecule has 6 heteroatoms. The normalized spacial score (nSPS) is 13.9. The first-order chi connectivity index (χ1) is 6.96. The Hall–Kier alpha value is -1.14. The topological polar surface area (TPSA) is 59.1 Å². The lowest BCUT2D eigenvalue weighted by Crippen LogP contribution is -2.15. The van der Waals surface area contributed by atoms with Crippen molar-refractivity contribution in [3.8, 4) is 0 Å². The van der Waals surface area contributed by atoms with Crippen molar-refractivity contribution in [2.45, 2.75) is 18.7 Å². The maximum absolute atomic E-state index is 12.5. The number of aliphatic hydroxyl groups excluding tert-OH is 1. The highest BCUT2D eigenvalue weighted by Gasteiger charge is 2.35. The molecule has 1 rings (SSSR count). The Balaban J connectivity index is 3.06. The van der Waals surface area contributed by atoms with Crippen molar-refractivity contribution < 1.29 is 18.3 Å². The van der Waals surface area contributed by atoms with Gasteiger partial charge in [-0.3, -0.25) is 4.98 Å². The molecule has 0 amide bonds. The van der Waals surface area contributed by atoms with Crippen LogP contribution < -0.4 is 5.73 Å². The van der Waals surface area contributed by atoms with E-state index in [1.165, 1.54) is 12.3 Å². The third-order valence-corrected chi connectivity index (χ3v) is 1.90. The average Bonchev–Trinajstić information content (AvgIpc) is 2.17. The molecule has 0 aliphatic rings. The van der Waals surface area contributed by atoms with Gasteiger partial charge in [0.2, 0.25) is 0 Å². The zero-order valence-corrected chi connectivity index (χ0v) is 7.83. The van der Waals surface area contributed by atoms with Crippen LogP contribution in [0.3, 0.4) is 0 Å². The minimum Gasteiger partial charge on any atom is -0.387 e. The first kappa shape index (κ1) is 11.9. The van der Waals surface area contributed by atoms with E-state index >= 15 is 0 Å². The van der Waals surface area contributed by atoms with E-state index in [9.17, 15) is 18.3 Å². The third kappa shape index (κ3) is 2.90. The molecule has 84 valence electrons. The van der Waals surface area contributed by atoms with Gasteiger partial charge >= 0.3 is 6.18 Å². The molecule has 0 saturated heterocycles. The molecule has 0 aromatic carbocycles. The summed E-state index contributed by atoms with van der Waals surface area (Å²) in [5, 5.41) is 9.42. The Morgan fingerprint density at radius 1 is 1.47 bits per heavy atom. The summed E-state index contributed by atoms with van der Waals surface area (Å²) in [5.41, 5.74) is 3.88. The molecule has 15 heavy (non-hydrogen) atoms. The number of nitrogens with zero attached hydrogens (tertiary/aromatic N) is 1. The third-order valence-electron chi connectivity index (χ3n) is 1.90. The number of hydrogen-bond acceptors (Lipinski definition) is 3. The second kappa shape index (κ2) is 4.59. The lowest BCUT2D eigenvalue weighted by atomic mass is 10.1. The summed E-state index contributed by atoms with van der Waals surface area (Å²) >= 11 is 0. The first-order valence-corrected chi connectivity index (χ1v) is 4.37. The highest BCUT2D eigenvalue weighted by atomic mass is 19.4. The maximum atomic E-state index is 12.5. The molecule has 0 fully saturated rings. The highest BCUT2D eigenvalue weighted by molar-refractivity contribution is 5.24. The fourth-order valence-electron chi connectivity index (χ4n) is 1.22. The molecule has 0 saturated carbocycles. The SMILES string of the molecule is NCC[C@@H](O)c1ncccc1C(F)(F)F. The molecule has 1 aromatic rings. The molecular weight excluding hydrogens is 209 g/mol. The van der Waals surface area contributed by atoms with Crippen LogP contribution in [0, 0.1) is 0 Å². The lowest BCUT2D eigenvalue weighted by molar-refractivity contribution is -0.139. The van der Waals surface area contributed by atoms with Gasteiger partial charge in [0.15, 0.2) is 0 Å². The number of pyridine rings is 1. The largest absolute Gasteiger partial charge is 0.418 e. The van der Waals surface area contributed by atoms with Crippen LogP contribution >= 0.6 is 0 Å². The molecule has 0 unspecified atom stereocenters. The van der Waals surface area contributed by atoms with Crippen molar-refractivity contribution in [2.24, 2.45) is 5.73 Å². The molecule has 0 spiro atoms. The average molecular weight is 220 g/mol. The number of aliphatic hydroxyl groups is 1. The van der Waals surface area contributed by atoms with Gasteiger partial charge in [-0.1, -0.05) is 0 Å². The molecule has 1 heterocycles. The maximum Gasteiger partial charge on any atom is 0.418 e. The molecule has 1 atom stereocenters. The first-order valence-electron chi connectivity index (χ1n) is 4.37. The van der Waals surface area contributed by atoms with Gasteiger partial charge in [-0.25, -0.2) is 0 Å². The van der Waals surface area contributed by atoms with Crippen molar-refractivity contribution in [3.63, 3.8) is 0 Å². The Bertz CT molecular complexity index is 327. The van der Waals surface area contributed by atoms with E-state index in [0.29, 0.717) is 0 Å². The van der Waals surface area contributed by atoms with E-state index in [2.05, 4.69) is 4.98 Å². The number of aromatic nitrogens is 1.